The Morgan fingerprint density at radius 1 is 1.08 bits per heavy atom. The molecule has 2 aromatic carbocycles. The number of aromatic nitrogens is 1. The lowest BCUT2D eigenvalue weighted by Crippen LogP contribution is -2.35. The number of fused-ring (bicyclic) bond motifs is 1. The molecular formula is C21H24N2O. The summed E-state index contributed by atoms with van der Waals surface area (Å²) in [5, 5.41) is 1.32. The van der Waals surface area contributed by atoms with E-state index in [1.54, 1.807) is 7.11 Å². The zero-order chi connectivity index (χ0) is 16.4. The number of hydrogen-bond acceptors (Lipinski definition) is 2. The summed E-state index contributed by atoms with van der Waals surface area (Å²) >= 11 is 0. The largest absolute Gasteiger partial charge is 0.497 e. The summed E-state index contributed by atoms with van der Waals surface area (Å²) in [5.74, 6) is 1.55. The maximum absolute atomic E-state index is 5.39. The maximum Gasteiger partial charge on any atom is 0.119 e. The highest BCUT2D eigenvalue weighted by atomic mass is 16.5. The van der Waals surface area contributed by atoms with E-state index in [1.165, 1.54) is 35.9 Å². The fourth-order valence-electron chi connectivity index (χ4n) is 3.83. The first-order valence-corrected chi connectivity index (χ1v) is 8.73. The molecule has 3 nitrogen and oxygen atoms in total. The van der Waals surface area contributed by atoms with Gasteiger partial charge in [0.25, 0.3) is 0 Å². The molecule has 0 aliphatic carbocycles. The van der Waals surface area contributed by atoms with Gasteiger partial charge in [0.2, 0.25) is 0 Å². The van der Waals surface area contributed by atoms with Crippen molar-refractivity contribution in [2.24, 2.45) is 0 Å². The molecule has 0 radical (unpaired) electrons. The van der Waals surface area contributed by atoms with Crippen LogP contribution >= 0.6 is 0 Å². The third-order valence-electron chi connectivity index (χ3n) is 5.10. The van der Waals surface area contributed by atoms with Gasteiger partial charge in [-0.1, -0.05) is 30.3 Å². The van der Waals surface area contributed by atoms with Gasteiger partial charge in [-0.2, -0.15) is 0 Å². The van der Waals surface area contributed by atoms with E-state index in [9.17, 15) is 0 Å². The summed E-state index contributed by atoms with van der Waals surface area (Å²) in [7, 11) is 1.74. The van der Waals surface area contributed by atoms with E-state index in [4.69, 9.17) is 4.74 Å². The van der Waals surface area contributed by atoms with E-state index in [1.807, 2.05) is 6.07 Å². The number of nitrogens with zero attached hydrogens (tertiary/aromatic N) is 2. The quantitative estimate of drug-likeness (QED) is 0.705. The van der Waals surface area contributed by atoms with Crippen LogP contribution < -0.4 is 4.74 Å². The first kappa shape index (κ1) is 15.3. The van der Waals surface area contributed by atoms with Crippen LogP contribution in [0.4, 0.5) is 0 Å². The summed E-state index contributed by atoms with van der Waals surface area (Å²) in [5.41, 5.74) is 2.72. The molecule has 3 heteroatoms. The first-order chi connectivity index (χ1) is 11.8. The smallest absolute Gasteiger partial charge is 0.119 e. The Bertz CT molecular complexity index is 823. The summed E-state index contributed by atoms with van der Waals surface area (Å²) in [6.07, 6.45) is 4.72. The number of methoxy groups -OCH3 is 1. The number of para-hydroxylation sites is 1. The van der Waals surface area contributed by atoms with Crippen molar-refractivity contribution in [3.63, 3.8) is 0 Å². The minimum atomic E-state index is 0.593. The van der Waals surface area contributed by atoms with Gasteiger partial charge in [-0.05, 0) is 60.5 Å². The third kappa shape index (κ3) is 3.04. The predicted molar refractivity (Wildman–Crippen MR) is 98.5 cm³/mol. The Morgan fingerprint density at radius 2 is 2.00 bits per heavy atom. The van der Waals surface area contributed by atoms with Gasteiger partial charge in [-0.15, -0.1) is 0 Å². The average Bonchev–Trinajstić information content (AvgIpc) is 3.05. The van der Waals surface area contributed by atoms with E-state index in [0.717, 1.165) is 19.0 Å². The highest BCUT2D eigenvalue weighted by Gasteiger charge is 2.22. The molecule has 1 unspecified atom stereocenters. The standard InChI is InChI=1S/C21H24N2O/c1-24-20-9-4-7-18(14-20)19-8-5-12-22(15-19)16-23-13-11-17-6-2-3-10-21(17)23/h2-4,6-7,9-11,13-14,19H,5,8,12,15-16H2,1H3. The highest BCUT2D eigenvalue weighted by molar-refractivity contribution is 5.79. The number of likely N-dealkylation sites (tertiary alicyclic amines) is 1. The molecule has 2 heterocycles. The number of piperidine rings is 1. The molecule has 1 atom stereocenters. The van der Waals surface area contributed by atoms with E-state index < -0.39 is 0 Å². The minimum absolute atomic E-state index is 0.593. The number of rotatable bonds is 4. The van der Waals surface area contributed by atoms with Crippen molar-refractivity contribution < 1.29 is 4.74 Å². The first-order valence-electron chi connectivity index (χ1n) is 8.73. The van der Waals surface area contributed by atoms with Crippen molar-refractivity contribution in [2.75, 3.05) is 20.2 Å². The Kier molecular flexibility index (Phi) is 4.26. The van der Waals surface area contributed by atoms with Gasteiger partial charge in [0.15, 0.2) is 0 Å². The van der Waals surface area contributed by atoms with Crippen LogP contribution in [0.5, 0.6) is 5.75 Å². The third-order valence-corrected chi connectivity index (χ3v) is 5.10. The fourth-order valence-corrected chi connectivity index (χ4v) is 3.83. The van der Waals surface area contributed by atoms with E-state index >= 15 is 0 Å². The van der Waals surface area contributed by atoms with Gasteiger partial charge < -0.3 is 9.30 Å². The Hall–Kier alpha value is -2.26. The zero-order valence-electron chi connectivity index (χ0n) is 14.2. The maximum atomic E-state index is 5.39. The molecule has 3 aromatic rings. The molecular weight excluding hydrogens is 296 g/mol. The zero-order valence-corrected chi connectivity index (χ0v) is 14.2. The van der Waals surface area contributed by atoms with Gasteiger partial charge in [-0.3, -0.25) is 4.90 Å². The highest BCUT2D eigenvalue weighted by Crippen LogP contribution is 2.29. The molecule has 0 amide bonds. The molecule has 124 valence electrons. The summed E-state index contributed by atoms with van der Waals surface area (Å²) < 4.78 is 7.75. The molecule has 4 rings (SSSR count). The lowest BCUT2D eigenvalue weighted by Gasteiger charge is -2.33. The Balaban J connectivity index is 1.50. The molecule has 24 heavy (non-hydrogen) atoms. The SMILES string of the molecule is COc1cccc(C2CCCN(Cn3ccc4ccccc43)C2)c1. The van der Waals surface area contributed by atoms with Gasteiger partial charge >= 0.3 is 0 Å². The summed E-state index contributed by atoms with van der Waals surface area (Å²) in [4.78, 5) is 2.57. The average molecular weight is 320 g/mol. The Morgan fingerprint density at radius 3 is 2.92 bits per heavy atom. The van der Waals surface area contributed by atoms with Crippen LogP contribution in [0.15, 0.2) is 60.8 Å². The van der Waals surface area contributed by atoms with Crippen LogP contribution in [0, 0.1) is 0 Å². The monoisotopic (exact) mass is 320 g/mol. The van der Waals surface area contributed by atoms with Crippen LogP contribution in [0.2, 0.25) is 0 Å². The lowest BCUT2D eigenvalue weighted by molar-refractivity contribution is 0.168. The van der Waals surface area contributed by atoms with Gasteiger partial charge in [-0.25, -0.2) is 0 Å². The molecule has 1 aliphatic heterocycles. The normalized spacial score (nSPS) is 18.8. The summed E-state index contributed by atoms with van der Waals surface area (Å²) in [6.45, 7) is 3.25. The second-order valence-electron chi connectivity index (χ2n) is 6.68. The number of benzene rings is 2. The molecule has 1 saturated heterocycles. The van der Waals surface area contributed by atoms with Crippen LogP contribution in [-0.2, 0) is 6.67 Å². The van der Waals surface area contributed by atoms with Crippen LogP contribution in [0.1, 0.15) is 24.3 Å². The number of ether oxygens (including phenoxy) is 1. The molecule has 0 bridgehead atoms. The minimum Gasteiger partial charge on any atom is -0.497 e. The van der Waals surface area contributed by atoms with Crippen molar-refractivity contribution in [1.82, 2.24) is 9.47 Å². The molecule has 1 fully saturated rings. The second kappa shape index (κ2) is 6.70. The molecule has 0 saturated carbocycles. The van der Waals surface area contributed by atoms with Gasteiger partial charge in [0.05, 0.1) is 13.8 Å². The Labute approximate surface area is 143 Å². The topological polar surface area (TPSA) is 17.4 Å². The van der Waals surface area contributed by atoms with Crippen molar-refractivity contribution in [1.29, 1.82) is 0 Å². The fraction of sp³-hybridized carbons (Fsp3) is 0.333. The van der Waals surface area contributed by atoms with Crippen molar-refractivity contribution in [3.05, 3.63) is 66.4 Å². The van der Waals surface area contributed by atoms with E-state index in [2.05, 4.69) is 64.2 Å². The van der Waals surface area contributed by atoms with Crippen molar-refractivity contribution >= 4 is 10.9 Å². The lowest BCUT2D eigenvalue weighted by atomic mass is 9.91. The van der Waals surface area contributed by atoms with Crippen molar-refractivity contribution in [2.45, 2.75) is 25.4 Å². The molecule has 0 N–H and O–H groups in total. The van der Waals surface area contributed by atoms with E-state index in [-0.39, 0.29) is 0 Å². The second-order valence-corrected chi connectivity index (χ2v) is 6.68. The van der Waals surface area contributed by atoms with Crippen molar-refractivity contribution in [3.8, 4) is 5.75 Å². The van der Waals surface area contributed by atoms with Crippen LogP contribution in [0.3, 0.4) is 0 Å². The predicted octanol–water partition coefficient (Wildman–Crippen LogP) is 4.49. The van der Waals surface area contributed by atoms with Crippen LogP contribution in [0.25, 0.3) is 10.9 Å². The molecule has 1 aliphatic rings. The van der Waals surface area contributed by atoms with Gasteiger partial charge in [0.1, 0.15) is 5.75 Å². The summed E-state index contributed by atoms with van der Waals surface area (Å²) in [6, 6.07) is 19.4. The molecule has 1 aromatic heterocycles. The van der Waals surface area contributed by atoms with E-state index in [0.29, 0.717) is 5.92 Å². The number of hydrogen-bond donors (Lipinski definition) is 0. The van der Waals surface area contributed by atoms with Crippen LogP contribution in [-0.4, -0.2) is 29.7 Å². The molecule has 0 spiro atoms. The van der Waals surface area contributed by atoms with Gasteiger partial charge in [0, 0.05) is 18.3 Å².